The minimum Gasteiger partial charge on any atom is -0.483 e. The number of amides is 2. The molecule has 2 aromatic rings. The monoisotopic (exact) mass is 442 g/mol. The predicted molar refractivity (Wildman–Crippen MR) is 125 cm³/mol. The Balaban J connectivity index is 2.23. The topological polar surface area (TPSA) is 58.6 Å². The maximum Gasteiger partial charge on any atom is 0.261 e. The van der Waals surface area contributed by atoms with Crippen LogP contribution in [0.4, 0.5) is 4.39 Å². The van der Waals surface area contributed by atoms with Crippen molar-refractivity contribution in [3.05, 3.63) is 65.5 Å². The maximum atomic E-state index is 13.3. The SMILES string of the molecule is CC(C(=O)NC(C)(C)C)N(Cc1ccc(F)cc1)C(=O)COc1ccccc1C(C)(C)C. The minimum absolute atomic E-state index is 0.146. The molecule has 0 saturated heterocycles. The van der Waals surface area contributed by atoms with E-state index in [-0.39, 0.29) is 36.2 Å². The van der Waals surface area contributed by atoms with Crippen molar-refractivity contribution in [3.63, 3.8) is 0 Å². The molecule has 32 heavy (non-hydrogen) atoms. The van der Waals surface area contributed by atoms with Gasteiger partial charge < -0.3 is 15.0 Å². The lowest BCUT2D eigenvalue weighted by molar-refractivity contribution is -0.142. The third kappa shape index (κ3) is 7.36. The zero-order valence-corrected chi connectivity index (χ0v) is 20.2. The lowest BCUT2D eigenvalue weighted by atomic mass is 9.86. The van der Waals surface area contributed by atoms with Gasteiger partial charge in [-0.05, 0) is 62.4 Å². The fraction of sp³-hybridized carbons (Fsp3) is 0.462. The number of hydrogen-bond acceptors (Lipinski definition) is 3. The van der Waals surface area contributed by atoms with E-state index in [9.17, 15) is 14.0 Å². The molecule has 5 nitrogen and oxygen atoms in total. The highest BCUT2D eigenvalue weighted by Crippen LogP contribution is 2.31. The third-order valence-electron chi connectivity index (χ3n) is 4.98. The number of nitrogens with zero attached hydrogens (tertiary/aromatic N) is 1. The normalized spacial score (nSPS) is 12.8. The van der Waals surface area contributed by atoms with E-state index in [4.69, 9.17) is 4.74 Å². The number of benzene rings is 2. The Labute approximate surface area is 191 Å². The molecule has 2 amide bonds. The summed E-state index contributed by atoms with van der Waals surface area (Å²) in [7, 11) is 0. The van der Waals surface area contributed by atoms with Gasteiger partial charge in [0, 0.05) is 12.1 Å². The van der Waals surface area contributed by atoms with Crippen molar-refractivity contribution in [2.24, 2.45) is 0 Å². The van der Waals surface area contributed by atoms with E-state index in [1.54, 1.807) is 19.1 Å². The molecule has 0 heterocycles. The molecule has 0 aliphatic carbocycles. The molecule has 1 unspecified atom stereocenters. The van der Waals surface area contributed by atoms with Gasteiger partial charge in [-0.2, -0.15) is 0 Å². The highest BCUT2D eigenvalue weighted by atomic mass is 19.1. The fourth-order valence-corrected chi connectivity index (χ4v) is 3.28. The maximum absolute atomic E-state index is 13.3. The van der Waals surface area contributed by atoms with Crippen LogP contribution < -0.4 is 10.1 Å². The van der Waals surface area contributed by atoms with E-state index in [0.29, 0.717) is 5.75 Å². The number of carbonyl (C=O) groups is 2. The Kier molecular flexibility index (Phi) is 8.05. The number of ether oxygens (including phenoxy) is 1. The van der Waals surface area contributed by atoms with Gasteiger partial charge in [-0.15, -0.1) is 0 Å². The Morgan fingerprint density at radius 1 is 1.00 bits per heavy atom. The van der Waals surface area contributed by atoms with Crippen LogP contribution in [0.2, 0.25) is 0 Å². The van der Waals surface area contributed by atoms with Crippen LogP contribution in [-0.4, -0.2) is 34.9 Å². The van der Waals surface area contributed by atoms with Gasteiger partial charge in [0.15, 0.2) is 6.61 Å². The van der Waals surface area contributed by atoms with Gasteiger partial charge in [0.1, 0.15) is 17.6 Å². The van der Waals surface area contributed by atoms with Gasteiger partial charge in [0.25, 0.3) is 5.91 Å². The second-order valence-corrected chi connectivity index (χ2v) is 10.1. The van der Waals surface area contributed by atoms with E-state index < -0.39 is 11.6 Å². The molecule has 0 radical (unpaired) electrons. The quantitative estimate of drug-likeness (QED) is 0.668. The van der Waals surface area contributed by atoms with Crippen LogP contribution >= 0.6 is 0 Å². The zero-order valence-electron chi connectivity index (χ0n) is 20.2. The first kappa shape index (κ1) is 25.4. The van der Waals surface area contributed by atoms with E-state index in [2.05, 4.69) is 26.1 Å². The second kappa shape index (κ2) is 10.2. The molecular weight excluding hydrogens is 407 g/mol. The number of rotatable bonds is 7. The van der Waals surface area contributed by atoms with Crippen molar-refractivity contribution in [2.45, 2.75) is 72.0 Å². The lowest BCUT2D eigenvalue weighted by Gasteiger charge is -2.31. The molecule has 2 aromatic carbocycles. The van der Waals surface area contributed by atoms with Crippen molar-refractivity contribution in [1.29, 1.82) is 0 Å². The molecule has 0 spiro atoms. The van der Waals surface area contributed by atoms with Crippen molar-refractivity contribution in [1.82, 2.24) is 10.2 Å². The second-order valence-electron chi connectivity index (χ2n) is 10.1. The average molecular weight is 443 g/mol. The number of halogens is 1. The van der Waals surface area contributed by atoms with Gasteiger partial charge in [-0.3, -0.25) is 9.59 Å². The summed E-state index contributed by atoms with van der Waals surface area (Å²) >= 11 is 0. The Morgan fingerprint density at radius 3 is 2.16 bits per heavy atom. The zero-order chi connectivity index (χ0) is 24.1. The third-order valence-corrected chi connectivity index (χ3v) is 4.98. The fourth-order valence-electron chi connectivity index (χ4n) is 3.28. The first-order valence-electron chi connectivity index (χ1n) is 10.9. The molecule has 1 N–H and O–H groups in total. The molecule has 1 atom stereocenters. The summed E-state index contributed by atoms with van der Waals surface area (Å²) in [4.78, 5) is 27.5. The first-order valence-corrected chi connectivity index (χ1v) is 10.9. The number of nitrogens with one attached hydrogen (secondary N) is 1. The molecule has 0 fully saturated rings. The summed E-state index contributed by atoms with van der Waals surface area (Å²) in [5.74, 6) is -0.299. The number of carbonyl (C=O) groups excluding carboxylic acids is 2. The molecule has 174 valence electrons. The van der Waals surface area contributed by atoms with E-state index in [0.717, 1.165) is 11.1 Å². The van der Waals surface area contributed by atoms with Gasteiger partial charge in [0.05, 0.1) is 0 Å². The highest BCUT2D eigenvalue weighted by molar-refractivity contribution is 5.88. The van der Waals surface area contributed by atoms with Crippen LogP contribution in [0.5, 0.6) is 5.75 Å². The molecule has 0 bridgehead atoms. The molecule has 6 heteroatoms. The number of hydrogen-bond donors (Lipinski definition) is 1. The lowest BCUT2D eigenvalue weighted by Crippen LogP contribution is -2.53. The highest BCUT2D eigenvalue weighted by Gasteiger charge is 2.29. The summed E-state index contributed by atoms with van der Waals surface area (Å²) in [6.07, 6.45) is 0. The van der Waals surface area contributed by atoms with E-state index >= 15 is 0 Å². The van der Waals surface area contributed by atoms with Gasteiger partial charge in [-0.25, -0.2) is 4.39 Å². The van der Waals surface area contributed by atoms with Crippen LogP contribution in [0.25, 0.3) is 0 Å². The minimum atomic E-state index is -0.728. The smallest absolute Gasteiger partial charge is 0.261 e. The Morgan fingerprint density at radius 2 is 1.59 bits per heavy atom. The largest absolute Gasteiger partial charge is 0.483 e. The van der Waals surface area contributed by atoms with Gasteiger partial charge in [-0.1, -0.05) is 51.1 Å². The summed E-state index contributed by atoms with van der Waals surface area (Å²) in [6.45, 7) is 13.5. The predicted octanol–water partition coefficient (Wildman–Crippen LogP) is 4.83. The summed E-state index contributed by atoms with van der Waals surface area (Å²) in [5, 5.41) is 2.92. The van der Waals surface area contributed by atoms with Crippen molar-refractivity contribution in [3.8, 4) is 5.75 Å². The average Bonchev–Trinajstić information content (AvgIpc) is 2.69. The molecule has 0 aliphatic heterocycles. The van der Waals surface area contributed by atoms with Crippen molar-refractivity contribution in [2.75, 3.05) is 6.61 Å². The molecule has 0 aromatic heterocycles. The Bertz CT molecular complexity index is 927. The molecule has 0 saturated carbocycles. The van der Waals surface area contributed by atoms with Gasteiger partial charge in [0.2, 0.25) is 5.91 Å². The Hall–Kier alpha value is -2.89. The van der Waals surface area contributed by atoms with Crippen LogP contribution in [0.1, 0.15) is 59.6 Å². The number of para-hydroxylation sites is 1. The standard InChI is InChI=1S/C26H35FN2O3/c1-18(24(31)28-26(5,6)7)29(16-19-12-14-20(27)15-13-19)23(30)17-32-22-11-9-8-10-21(22)25(2,3)4/h8-15,18H,16-17H2,1-7H3,(H,28,31). The van der Waals surface area contributed by atoms with Crippen molar-refractivity contribution < 1.29 is 18.7 Å². The molecule has 2 rings (SSSR count). The summed E-state index contributed by atoms with van der Waals surface area (Å²) in [6, 6.07) is 12.8. The first-order chi connectivity index (χ1) is 14.8. The summed E-state index contributed by atoms with van der Waals surface area (Å²) < 4.78 is 19.2. The van der Waals surface area contributed by atoms with Crippen LogP contribution in [0, 0.1) is 5.82 Å². The summed E-state index contributed by atoms with van der Waals surface area (Å²) in [5.41, 5.74) is 1.15. The molecule has 0 aliphatic rings. The van der Waals surface area contributed by atoms with Crippen molar-refractivity contribution >= 4 is 11.8 Å². The van der Waals surface area contributed by atoms with Crippen LogP contribution in [0.15, 0.2) is 48.5 Å². The van der Waals surface area contributed by atoms with Crippen LogP contribution in [-0.2, 0) is 21.5 Å². The molecular formula is C26H35FN2O3. The van der Waals surface area contributed by atoms with E-state index in [1.165, 1.54) is 17.0 Å². The van der Waals surface area contributed by atoms with Crippen LogP contribution in [0.3, 0.4) is 0 Å². The van der Waals surface area contributed by atoms with E-state index in [1.807, 2.05) is 45.0 Å². The van der Waals surface area contributed by atoms with Gasteiger partial charge >= 0.3 is 0 Å².